The lowest BCUT2D eigenvalue weighted by atomic mass is 10.0. The van der Waals surface area contributed by atoms with Crippen molar-refractivity contribution < 1.29 is 22.7 Å². The Labute approximate surface area is 184 Å². The molecule has 1 heterocycles. The number of halogens is 1. The first-order chi connectivity index (χ1) is 14.6. The van der Waals surface area contributed by atoms with Crippen LogP contribution in [-0.2, 0) is 14.8 Å². The van der Waals surface area contributed by atoms with E-state index in [1.165, 1.54) is 36.5 Å². The van der Waals surface area contributed by atoms with Crippen LogP contribution in [0.4, 0.5) is 5.69 Å². The molecular formula is C21H18ClN3O5S. The molecule has 0 aliphatic heterocycles. The number of hydrogen-bond acceptors (Lipinski definition) is 6. The second kappa shape index (κ2) is 9.25. The Hall–Kier alpha value is -3.27. The molecule has 0 saturated carbocycles. The molecule has 0 unspecified atom stereocenters. The van der Waals surface area contributed by atoms with Gasteiger partial charge in [0.05, 0.1) is 10.5 Å². The van der Waals surface area contributed by atoms with E-state index in [2.05, 4.69) is 10.3 Å². The van der Waals surface area contributed by atoms with E-state index >= 15 is 0 Å². The second-order valence-corrected chi connectivity index (χ2v) is 8.57. The van der Waals surface area contributed by atoms with Crippen LogP contribution in [0.5, 0.6) is 5.75 Å². The average Bonchev–Trinajstić information content (AvgIpc) is 2.73. The molecule has 3 rings (SSSR count). The molecule has 3 aromatic rings. The smallest absolute Gasteiger partial charge is 0.262 e. The standard InChI is InChI=1S/C21H18ClN3O5S/c1-13-9-16(31(23,28)29)5-6-18(13)25-20(26)12-30-19-7-4-15(22)10-17(19)21(27)14-3-2-8-24-11-14/h2-11H,12H2,1H3,(H,25,26)(H2,23,28,29). The van der Waals surface area contributed by atoms with E-state index in [1.54, 1.807) is 31.3 Å². The van der Waals surface area contributed by atoms with Crippen molar-refractivity contribution >= 4 is 39.0 Å². The van der Waals surface area contributed by atoms with E-state index in [-0.39, 0.29) is 28.6 Å². The van der Waals surface area contributed by atoms with Crippen LogP contribution in [0.1, 0.15) is 21.5 Å². The van der Waals surface area contributed by atoms with Gasteiger partial charge in [0.15, 0.2) is 12.4 Å². The molecule has 0 spiro atoms. The number of nitrogens with zero attached hydrogens (tertiary/aromatic N) is 1. The Morgan fingerprint density at radius 2 is 1.94 bits per heavy atom. The number of nitrogens with two attached hydrogens (primary N) is 1. The van der Waals surface area contributed by atoms with Crippen LogP contribution < -0.4 is 15.2 Å². The van der Waals surface area contributed by atoms with E-state index in [9.17, 15) is 18.0 Å². The monoisotopic (exact) mass is 459 g/mol. The Kier molecular flexibility index (Phi) is 6.69. The van der Waals surface area contributed by atoms with Gasteiger partial charge < -0.3 is 10.1 Å². The van der Waals surface area contributed by atoms with Crippen molar-refractivity contribution in [1.29, 1.82) is 0 Å². The van der Waals surface area contributed by atoms with Gasteiger partial charge in [-0.2, -0.15) is 0 Å². The Morgan fingerprint density at radius 1 is 1.16 bits per heavy atom. The van der Waals surface area contributed by atoms with Gasteiger partial charge in [0.25, 0.3) is 5.91 Å². The molecule has 10 heteroatoms. The van der Waals surface area contributed by atoms with E-state index in [0.717, 1.165) is 0 Å². The molecule has 8 nitrogen and oxygen atoms in total. The molecule has 3 N–H and O–H groups in total. The lowest BCUT2D eigenvalue weighted by Crippen LogP contribution is -2.21. The number of amides is 1. The first-order valence-corrected chi connectivity index (χ1v) is 10.9. The summed E-state index contributed by atoms with van der Waals surface area (Å²) >= 11 is 6.03. The third-order valence-electron chi connectivity index (χ3n) is 4.27. The average molecular weight is 460 g/mol. The SMILES string of the molecule is Cc1cc(S(N)(=O)=O)ccc1NC(=O)COc1ccc(Cl)cc1C(=O)c1cccnc1. The summed E-state index contributed by atoms with van der Waals surface area (Å²) in [6, 6.07) is 11.8. The summed E-state index contributed by atoms with van der Waals surface area (Å²) in [5.41, 5.74) is 1.47. The third kappa shape index (κ3) is 5.66. The minimum absolute atomic E-state index is 0.0565. The fourth-order valence-corrected chi connectivity index (χ4v) is 3.51. The van der Waals surface area contributed by atoms with Gasteiger partial charge in [-0.3, -0.25) is 14.6 Å². The second-order valence-electron chi connectivity index (χ2n) is 6.57. The number of primary sulfonamides is 1. The molecule has 0 aliphatic carbocycles. The minimum atomic E-state index is -3.84. The number of aromatic nitrogens is 1. The van der Waals surface area contributed by atoms with Gasteiger partial charge in [0.2, 0.25) is 10.0 Å². The number of ether oxygens (including phenoxy) is 1. The number of benzene rings is 2. The molecule has 31 heavy (non-hydrogen) atoms. The zero-order valence-electron chi connectivity index (χ0n) is 16.3. The fraction of sp³-hybridized carbons (Fsp3) is 0.0952. The Balaban J connectivity index is 1.73. The van der Waals surface area contributed by atoms with Gasteiger partial charge in [-0.25, -0.2) is 13.6 Å². The van der Waals surface area contributed by atoms with Crippen LogP contribution in [0, 0.1) is 6.92 Å². The van der Waals surface area contributed by atoms with Crippen molar-refractivity contribution in [3.8, 4) is 5.75 Å². The fourth-order valence-electron chi connectivity index (χ4n) is 2.74. The number of anilines is 1. The van der Waals surface area contributed by atoms with Crippen molar-refractivity contribution in [2.75, 3.05) is 11.9 Å². The maximum atomic E-state index is 12.8. The number of ketones is 1. The van der Waals surface area contributed by atoms with Crippen LogP contribution in [-0.4, -0.2) is 31.7 Å². The molecule has 0 bridgehead atoms. The van der Waals surface area contributed by atoms with Crippen LogP contribution >= 0.6 is 11.6 Å². The van der Waals surface area contributed by atoms with Gasteiger partial charge in [-0.15, -0.1) is 0 Å². The normalized spacial score (nSPS) is 11.1. The summed E-state index contributed by atoms with van der Waals surface area (Å²) in [6.45, 7) is 1.25. The van der Waals surface area contributed by atoms with Crippen molar-refractivity contribution in [1.82, 2.24) is 4.98 Å². The number of aryl methyl sites for hydroxylation is 1. The van der Waals surface area contributed by atoms with Gasteiger partial charge in [-0.1, -0.05) is 11.6 Å². The summed E-state index contributed by atoms with van der Waals surface area (Å²) < 4.78 is 28.4. The minimum Gasteiger partial charge on any atom is -0.483 e. The predicted octanol–water partition coefficient (Wildman–Crippen LogP) is 2.94. The highest BCUT2D eigenvalue weighted by Gasteiger charge is 2.17. The molecule has 160 valence electrons. The molecule has 0 radical (unpaired) electrons. The van der Waals surface area contributed by atoms with Crippen molar-refractivity contribution in [3.05, 3.63) is 82.6 Å². The zero-order valence-corrected chi connectivity index (χ0v) is 17.9. The molecular weight excluding hydrogens is 442 g/mol. The molecule has 1 aromatic heterocycles. The summed E-state index contributed by atoms with van der Waals surface area (Å²) in [4.78, 5) is 29.0. The van der Waals surface area contributed by atoms with Gasteiger partial charge in [0, 0.05) is 28.7 Å². The summed E-state index contributed by atoms with van der Waals surface area (Å²) in [5.74, 6) is -0.656. The lowest BCUT2D eigenvalue weighted by molar-refractivity contribution is -0.118. The highest BCUT2D eigenvalue weighted by molar-refractivity contribution is 7.89. The third-order valence-corrected chi connectivity index (χ3v) is 5.42. The number of pyridine rings is 1. The van der Waals surface area contributed by atoms with Crippen molar-refractivity contribution in [2.24, 2.45) is 5.14 Å². The van der Waals surface area contributed by atoms with Crippen LogP contribution in [0.2, 0.25) is 5.02 Å². The van der Waals surface area contributed by atoms with E-state index < -0.39 is 15.9 Å². The van der Waals surface area contributed by atoms with Gasteiger partial charge >= 0.3 is 0 Å². The molecule has 0 saturated heterocycles. The number of sulfonamides is 1. The predicted molar refractivity (Wildman–Crippen MR) is 116 cm³/mol. The van der Waals surface area contributed by atoms with E-state index in [4.69, 9.17) is 21.5 Å². The first kappa shape index (κ1) is 22.4. The molecule has 0 fully saturated rings. The van der Waals surface area contributed by atoms with E-state index in [1.807, 2.05) is 0 Å². The van der Waals surface area contributed by atoms with Crippen LogP contribution in [0.3, 0.4) is 0 Å². The zero-order chi connectivity index (χ0) is 22.6. The van der Waals surface area contributed by atoms with Crippen molar-refractivity contribution in [2.45, 2.75) is 11.8 Å². The largest absolute Gasteiger partial charge is 0.483 e. The van der Waals surface area contributed by atoms with Crippen molar-refractivity contribution in [3.63, 3.8) is 0 Å². The topological polar surface area (TPSA) is 128 Å². The summed E-state index contributed by atoms with van der Waals surface area (Å²) in [5, 5.41) is 8.08. The number of rotatable bonds is 7. The van der Waals surface area contributed by atoms with Gasteiger partial charge in [0.1, 0.15) is 5.75 Å². The van der Waals surface area contributed by atoms with Crippen LogP contribution in [0.25, 0.3) is 0 Å². The number of carbonyl (C=O) groups excluding carboxylic acids is 2. The first-order valence-electron chi connectivity index (χ1n) is 8.95. The molecule has 0 aliphatic rings. The highest BCUT2D eigenvalue weighted by Crippen LogP contribution is 2.26. The summed E-state index contributed by atoms with van der Waals surface area (Å²) in [6.07, 6.45) is 2.97. The molecule has 1 amide bonds. The van der Waals surface area contributed by atoms with E-state index in [0.29, 0.717) is 21.8 Å². The van der Waals surface area contributed by atoms with Crippen LogP contribution in [0.15, 0.2) is 65.8 Å². The quantitative estimate of drug-likeness (QED) is 0.522. The lowest BCUT2D eigenvalue weighted by Gasteiger charge is -2.13. The number of hydrogen-bond donors (Lipinski definition) is 2. The maximum Gasteiger partial charge on any atom is 0.262 e. The highest BCUT2D eigenvalue weighted by atomic mass is 35.5. The number of carbonyl (C=O) groups is 2. The Morgan fingerprint density at radius 3 is 2.58 bits per heavy atom. The maximum absolute atomic E-state index is 12.8. The Bertz CT molecular complexity index is 1250. The molecule has 2 aromatic carbocycles. The molecule has 0 atom stereocenters. The van der Waals surface area contributed by atoms with Gasteiger partial charge in [-0.05, 0) is 61.0 Å². The summed E-state index contributed by atoms with van der Waals surface area (Å²) in [7, 11) is -3.84. The number of nitrogens with one attached hydrogen (secondary N) is 1.